The first-order chi connectivity index (χ1) is 12.1. The minimum atomic E-state index is -6.40. The Morgan fingerprint density at radius 3 is 2.19 bits per heavy atom. The molecule has 2 saturated carbocycles. The molecule has 1 saturated heterocycles. The number of carbonyl (C=O) groups excluding carboxylic acids is 2. The molecule has 3 rings (SSSR count). The number of hydrogen-bond donors (Lipinski definition) is 1. The topological polar surface area (TPSA) is 107 Å². The molecule has 14 heteroatoms. The van der Waals surface area contributed by atoms with Crippen molar-refractivity contribution in [3.8, 4) is 0 Å². The summed E-state index contributed by atoms with van der Waals surface area (Å²) < 4.78 is 118. The highest BCUT2D eigenvalue weighted by atomic mass is 32.2. The Labute approximate surface area is 147 Å². The van der Waals surface area contributed by atoms with Gasteiger partial charge in [-0.05, 0) is 18.8 Å². The smallest absolute Gasteiger partial charge is 0.438 e. The SMILES string of the molecule is O=C(OC(CS(=O)(=O)O)(C(F)(F)F)C(F)(F)F)C1C2CC3C1C(=O)O[C@H]3C2. The van der Waals surface area contributed by atoms with E-state index in [0.717, 1.165) is 0 Å². The summed E-state index contributed by atoms with van der Waals surface area (Å²) in [4.78, 5) is 24.0. The largest absolute Gasteiger partial charge is 0.462 e. The molecule has 3 fully saturated rings. The molecule has 0 spiro atoms. The van der Waals surface area contributed by atoms with E-state index in [2.05, 4.69) is 4.74 Å². The van der Waals surface area contributed by atoms with Gasteiger partial charge in [-0.3, -0.25) is 14.1 Å². The predicted octanol–water partition coefficient (Wildman–Crippen LogP) is 1.48. The lowest BCUT2D eigenvalue weighted by atomic mass is 9.80. The molecule has 0 amide bonds. The van der Waals surface area contributed by atoms with Crippen LogP contribution in [-0.2, 0) is 29.2 Å². The zero-order valence-electron chi connectivity index (χ0n) is 13.1. The van der Waals surface area contributed by atoms with E-state index in [1.54, 1.807) is 0 Å². The van der Waals surface area contributed by atoms with Crippen molar-refractivity contribution in [3.05, 3.63) is 0 Å². The van der Waals surface area contributed by atoms with Crippen molar-refractivity contribution in [2.45, 2.75) is 36.9 Å². The number of alkyl halides is 6. The Morgan fingerprint density at radius 2 is 1.70 bits per heavy atom. The molecule has 0 aromatic carbocycles. The van der Waals surface area contributed by atoms with E-state index in [-0.39, 0.29) is 12.8 Å². The first-order valence-electron chi connectivity index (χ1n) is 7.59. The van der Waals surface area contributed by atoms with E-state index in [4.69, 9.17) is 9.29 Å². The minimum Gasteiger partial charge on any atom is -0.462 e. The second-order valence-electron chi connectivity index (χ2n) is 6.89. The van der Waals surface area contributed by atoms with Gasteiger partial charge in [-0.25, -0.2) is 0 Å². The van der Waals surface area contributed by atoms with Crippen LogP contribution in [0.5, 0.6) is 0 Å². The second kappa shape index (κ2) is 5.72. The third-order valence-corrected chi connectivity index (χ3v) is 6.10. The summed E-state index contributed by atoms with van der Waals surface area (Å²) in [7, 11) is -5.86. The molecule has 154 valence electrons. The molecular formula is C13H12F6O7S. The van der Waals surface area contributed by atoms with Gasteiger partial charge < -0.3 is 9.47 Å². The minimum absolute atomic E-state index is 0.0933. The molecule has 2 bridgehead atoms. The number of ether oxygens (including phenoxy) is 2. The monoisotopic (exact) mass is 426 g/mol. The van der Waals surface area contributed by atoms with Crippen LogP contribution in [-0.4, -0.2) is 54.7 Å². The van der Waals surface area contributed by atoms with Crippen LogP contribution < -0.4 is 0 Å². The molecule has 4 unspecified atom stereocenters. The number of rotatable bonds is 4. The summed E-state index contributed by atoms with van der Waals surface area (Å²) in [5.74, 6) is -9.91. The lowest BCUT2D eigenvalue weighted by Crippen LogP contribution is -2.64. The Bertz CT molecular complexity index is 757. The van der Waals surface area contributed by atoms with Crippen molar-refractivity contribution in [2.75, 3.05) is 5.75 Å². The van der Waals surface area contributed by atoms with Crippen LogP contribution in [0.4, 0.5) is 26.3 Å². The molecule has 7 nitrogen and oxygen atoms in total. The molecule has 1 N–H and O–H groups in total. The van der Waals surface area contributed by atoms with Gasteiger partial charge in [0.15, 0.2) is 0 Å². The highest BCUT2D eigenvalue weighted by molar-refractivity contribution is 7.85. The van der Waals surface area contributed by atoms with Gasteiger partial charge in [0.1, 0.15) is 11.9 Å². The average molecular weight is 426 g/mol. The molecule has 0 aromatic rings. The zero-order valence-corrected chi connectivity index (χ0v) is 13.9. The number of fused-ring (bicyclic) bond motifs is 1. The maximum absolute atomic E-state index is 13.2. The third-order valence-electron chi connectivity index (χ3n) is 5.33. The summed E-state index contributed by atoms with van der Waals surface area (Å²) >= 11 is 0. The summed E-state index contributed by atoms with van der Waals surface area (Å²) in [6, 6.07) is 0. The van der Waals surface area contributed by atoms with Crippen molar-refractivity contribution in [1.29, 1.82) is 0 Å². The Balaban J connectivity index is 1.97. The molecule has 0 aromatic heterocycles. The molecule has 0 radical (unpaired) electrons. The van der Waals surface area contributed by atoms with Gasteiger partial charge in [0.25, 0.3) is 10.1 Å². The van der Waals surface area contributed by atoms with E-state index in [0.29, 0.717) is 0 Å². The summed E-state index contributed by atoms with van der Waals surface area (Å²) in [5, 5.41) is 0. The van der Waals surface area contributed by atoms with Crippen molar-refractivity contribution in [2.24, 2.45) is 23.7 Å². The van der Waals surface area contributed by atoms with Crippen LogP contribution in [0, 0.1) is 23.7 Å². The fourth-order valence-corrected chi connectivity index (χ4v) is 5.19. The summed E-state index contributed by atoms with van der Waals surface area (Å²) in [5.41, 5.74) is -5.46. The summed E-state index contributed by atoms with van der Waals surface area (Å²) in [6.45, 7) is 0. The molecule has 27 heavy (non-hydrogen) atoms. The van der Waals surface area contributed by atoms with Crippen molar-refractivity contribution >= 4 is 22.1 Å². The van der Waals surface area contributed by atoms with Crippen molar-refractivity contribution < 1.29 is 58.4 Å². The number of hydrogen-bond acceptors (Lipinski definition) is 6. The normalized spacial score (nSPS) is 33.3. The fraction of sp³-hybridized carbons (Fsp3) is 0.846. The fourth-order valence-electron chi connectivity index (χ4n) is 4.29. The van der Waals surface area contributed by atoms with Crippen LogP contribution >= 0.6 is 0 Å². The lowest BCUT2D eigenvalue weighted by Gasteiger charge is -2.37. The summed E-state index contributed by atoms with van der Waals surface area (Å²) in [6.07, 6.45) is -13.0. The highest BCUT2D eigenvalue weighted by Gasteiger charge is 2.77. The van der Waals surface area contributed by atoms with E-state index in [9.17, 15) is 44.3 Å². The Kier molecular flexibility index (Phi) is 4.27. The quantitative estimate of drug-likeness (QED) is 0.412. The average Bonchev–Trinajstić information content (AvgIpc) is 3.03. The number of carbonyl (C=O) groups is 2. The maximum atomic E-state index is 13.2. The van der Waals surface area contributed by atoms with E-state index in [1.807, 2.05) is 0 Å². The molecule has 3 aliphatic rings. The van der Waals surface area contributed by atoms with E-state index in [1.165, 1.54) is 0 Å². The molecule has 5 atom stereocenters. The van der Waals surface area contributed by atoms with Gasteiger partial charge >= 0.3 is 29.9 Å². The Morgan fingerprint density at radius 1 is 1.15 bits per heavy atom. The number of halogens is 6. The molecular weight excluding hydrogens is 414 g/mol. The van der Waals surface area contributed by atoms with Gasteiger partial charge in [0, 0.05) is 5.92 Å². The van der Waals surface area contributed by atoms with Gasteiger partial charge in [-0.15, -0.1) is 0 Å². The van der Waals surface area contributed by atoms with Crippen LogP contribution in [0.2, 0.25) is 0 Å². The van der Waals surface area contributed by atoms with Gasteiger partial charge in [0.05, 0.1) is 11.8 Å². The molecule has 1 aliphatic heterocycles. The van der Waals surface area contributed by atoms with Crippen LogP contribution in [0.3, 0.4) is 0 Å². The second-order valence-corrected chi connectivity index (χ2v) is 8.34. The highest BCUT2D eigenvalue weighted by Crippen LogP contribution is 2.59. The zero-order chi connectivity index (χ0) is 20.6. The van der Waals surface area contributed by atoms with Crippen molar-refractivity contribution in [3.63, 3.8) is 0 Å². The van der Waals surface area contributed by atoms with Gasteiger partial charge in [0.2, 0.25) is 0 Å². The molecule has 2 aliphatic carbocycles. The van der Waals surface area contributed by atoms with E-state index >= 15 is 0 Å². The van der Waals surface area contributed by atoms with Crippen molar-refractivity contribution in [1.82, 2.24) is 0 Å². The number of esters is 2. The van der Waals surface area contributed by atoms with Gasteiger partial charge in [-0.1, -0.05) is 0 Å². The van der Waals surface area contributed by atoms with E-state index < -0.39 is 75.5 Å². The van der Waals surface area contributed by atoms with Crippen LogP contribution in [0.25, 0.3) is 0 Å². The Hall–Kier alpha value is -1.57. The predicted molar refractivity (Wildman–Crippen MR) is 70.4 cm³/mol. The lowest BCUT2D eigenvalue weighted by molar-refractivity contribution is -0.362. The van der Waals surface area contributed by atoms with Gasteiger partial charge in [-0.2, -0.15) is 34.8 Å². The first-order valence-corrected chi connectivity index (χ1v) is 9.20. The molecule has 1 heterocycles. The third kappa shape index (κ3) is 3.05. The standard InChI is InChI=1S/C13H12F6O7S/c14-12(15,16)11(13(17,18)19,3-27(22,23)24)26-10(21)7-4-1-5-6(2-4)25-9(20)8(5)7/h4-8H,1-3H2,(H,22,23,24)/t4?,5?,6-,7?,8?/m0/s1. The first kappa shape index (κ1) is 20.2. The van der Waals surface area contributed by atoms with Crippen LogP contribution in [0.15, 0.2) is 0 Å². The van der Waals surface area contributed by atoms with Crippen LogP contribution in [0.1, 0.15) is 12.8 Å². The maximum Gasteiger partial charge on any atom is 0.438 e.